The molecule has 2 nitrogen and oxygen atoms in total. The highest BCUT2D eigenvalue weighted by Crippen LogP contribution is 2.36. The molecule has 0 radical (unpaired) electrons. The van der Waals surface area contributed by atoms with Gasteiger partial charge in [-0.1, -0.05) is 25.3 Å². The second kappa shape index (κ2) is 6.31. The Balaban J connectivity index is 2.11. The SMILES string of the molecule is COc1ccc(CN)c(SC2CCCCC2)c1. The molecule has 1 fully saturated rings. The van der Waals surface area contributed by atoms with Crippen molar-refractivity contribution in [1.82, 2.24) is 0 Å². The summed E-state index contributed by atoms with van der Waals surface area (Å²) in [6.07, 6.45) is 6.83. The summed E-state index contributed by atoms with van der Waals surface area (Å²) in [4.78, 5) is 1.30. The monoisotopic (exact) mass is 251 g/mol. The van der Waals surface area contributed by atoms with Gasteiger partial charge in [0.1, 0.15) is 5.75 Å². The number of rotatable bonds is 4. The van der Waals surface area contributed by atoms with Gasteiger partial charge in [0.2, 0.25) is 0 Å². The predicted molar refractivity (Wildman–Crippen MR) is 73.6 cm³/mol. The van der Waals surface area contributed by atoms with Crippen molar-refractivity contribution in [3.8, 4) is 5.75 Å². The lowest BCUT2D eigenvalue weighted by atomic mass is 10.0. The summed E-state index contributed by atoms with van der Waals surface area (Å²) >= 11 is 1.99. The molecule has 1 aromatic rings. The van der Waals surface area contributed by atoms with Crippen molar-refractivity contribution in [2.75, 3.05) is 7.11 Å². The average molecular weight is 251 g/mol. The Morgan fingerprint density at radius 3 is 2.71 bits per heavy atom. The standard InChI is InChI=1S/C14H21NOS/c1-16-12-8-7-11(10-15)14(9-12)17-13-5-3-2-4-6-13/h7-9,13H,2-6,10,15H2,1H3. The molecule has 1 saturated carbocycles. The fourth-order valence-electron chi connectivity index (χ4n) is 2.30. The molecule has 1 aliphatic rings. The lowest BCUT2D eigenvalue weighted by Crippen LogP contribution is -2.09. The Hall–Kier alpha value is -0.670. The zero-order valence-electron chi connectivity index (χ0n) is 10.4. The van der Waals surface area contributed by atoms with Gasteiger partial charge in [-0.2, -0.15) is 0 Å². The van der Waals surface area contributed by atoms with Gasteiger partial charge >= 0.3 is 0 Å². The number of nitrogens with two attached hydrogens (primary N) is 1. The maximum absolute atomic E-state index is 5.79. The van der Waals surface area contributed by atoms with E-state index in [0.29, 0.717) is 6.54 Å². The molecule has 1 aliphatic carbocycles. The van der Waals surface area contributed by atoms with Gasteiger partial charge in [0.25, 0.3) is 0 Å². The fraction of sp³-hybridized carbons (Fsp3) is 0.571. The quantitative estimate of drug-likeness (QED) is 0.888. The third-order valence-electron chi connectivity index (χ3n) is 3.34. The van der Waals surface area contributed by atoms with Crippen LogP contribution in [0.25, 0.3) is 0 Å². The average Bonchev–Trinajstić information content (AvgIpc) is 2.40. The normalized spacial score (nSPS) is 17.1. The van der Waals surface area contributed by atoms with Gasteiger partial charge < -0.3 is 10.5 Å². The summed E-state index contributed by atoms with van der Waals surface area (Å²) in [7, 11) is 1.71. The third-order valence-corrected chi connectivity index (χ3v) is 4.78. The number of benzene rings is 1. The highest BCUT2D eigenvalue weighted by molar-refractivity contribution is 8.00. The summed E-state index contributed by atoms with van der Waals surface area (Å²) < 4.78 is 5.29. The van der Waals surface area contributed by atoms with Crippen LogP contribution in [0.1, 0.15) is 37.7 Å². The molecular formula is C14H21NOS. The zero-order valence-corrected chi connectivity index (χ0v) is 11.3. The smallest absolute Gasteiger partial charge is 0.119 e. The first-order chi connectivity index (χ1) is 8.33. The number of ether oxygens (including phenoxy) is 1. The number of thioether (sulfide) groups is 1. The summed E-state index contributed by atoms with van der Waals surface area (Å²) in [6, 6.07) is 6.21. The van der Waals surface area contributed by atoms with Crippen molar-refractivity contribution in [3.63, 3.8) is 0 Å². The van der Waals surface area contributed by atoms with Gasteiger partial charge in [-0.05, 0) is 30.5 Å². The largest absolute Gasteiger partial charge is 0.497 e. The van der Waals surface area contributed by atoms with Crippen LogP contribution in [0, 0.1) is 0 Å². The van der Waals surface area contributed by atoms with Gasteiger partial charge in [-0.15, -0.1) is 11.8 Å². The lowest BCUT2D eigenvalue weighted by Gasteiger charge is -2.22. The number of hydrogen-bond acceptors (Lipinski definition) is 3. The maximum atomic E-state index is 5.79. The first-order valence-corrected chi connectivity index (χ1v) is 7.25. The topological polar surface area (TPSA) is 35.2 Å². The second-order valence-electron chi connectivity index (χ2n) is 4.56. The van der Waals surface area contributed by atoms with E-state index in [4.69, 9.17) is 10.5 Å². The molecule has 2 rings (SSSR count). The van der Waals surface area contributed by atoms with Crippen molar-refractivity contribution in [2.24, 2.45) is 5.73 Å². The van der Waals surface area contributed by atoms with Gasteiger partial charge in [0.05, 0.1) is 7.11 Å². The van der Waals surface area contributed by atoms with Crippen molar-refractivity contribution in [3.05, 3.63) is 23.8 Å². The fourth-order valence-corrected chi connectivity index (χ4v) is 3.72. The van der Waals surface area contributed by atoms with Crippen LogP contribution in [-0.4, -0.2) is 12.4 Å². The molecule has 0 aliphatic heterocycles. The van der Waals surface area contributed by atoms with Crippen LogP contribution in [0.2, 0.25) is 0 Å². The van der Waals surface area contributed by atoms with E-state index in [9.17, 15) is 0 Å². The Labute approximate surface area is 108 Å². The van der Waals surface area contributed by atoms with Crippen LogP contribution in [0.15, 0.2) is 23.1 Å². The summed E-state index contributed by atoms with van der Waals surface area (Å²) in [5.74, 6) is 0.931. The molecule has 0 aromatic heterocycles. The van der Waals surface area contributed by atoms with E-state index in [-0.39, 0.29) is 0 Å². The molecule has 0 atom stereocenters. The molecule has 94 valence electrons. The van der Waals surface area contributed by atoms with E-state index in [1.165, 1.54) is 42.6 Å². The first-order valence-electron chi connectivity index (χ1n) is 6.37. The highest BCUT2D eigenvalue weighted by Gasteiger charge is 2.16. The van der Waals surface area contributed by atoms with E-state index < -0.39 is 0 Å². The molecule has 0 saturated heterocycles. The third kappa shape index (κ3) is 3.39. The van der Waals surface area contributed by atoms with Crippen LogP contribution in [0.5, 0.6) is 5.75 Å². The van der Waals surface area contributed by atoms with Crippen LogP contribution in [-0.2, 0) is 6.54 Å². The molecule has 0 unspecified atom stereocenters. The molecular weight excluding hydrogens is 230 g/mol. The van der Waals surface area contributed by atoms with Crippen molar-refractivity contribution >= 4 is 11.8 Å². The number of hydrogen-bond donors (Lipinski definition) is 1. The molecule has 0 bridgehead atoms. The van der Waals surface area contributed by atoms with Crippen LogP contribution in [0.4, 0.5) is 0 Å². The van der Waals surface area contributed by atoms with Gasteiger partial charge in [-0.3, -0.25) is 0 Å². The molecule has 17 heavy (non-hydrogen) atoms. The van der Waals surface area contributed by atoms with Gasteiger partial charge in [0, 0.05) is 16.7 Å². The van der Waals surface area contributed by atoms with E-state index in [2.05, 4.69) is 12.1 Å². The van der Waals surface area contributed by atoms with Crippen molar-refractivity contribution in [1.29, 1.82) is 0 Å². The molecule has 0 amide bonds. The van der Waals surface area contributed by atoms with Crippen LogP contribution >= 0.6 is 11.8 Å². The lowest BCUT2D eigenvalue weighted by molar-refractivity contribution is 0.413. The van der Waals surface area contributed by atoms with Crippen molar-refractivity contribution < 1.29 is 4.74 Å². The predicted octanol–water partition coefficient (Wildman–Crippen LogP) is 3.58. The van der Waals surface area contributed by atoms with Gasteiger partial charge in [-0.25, -0.2) is 0 Å². The minimum Gasteiger partial charge on any atom is -0.497 e. The Morgan fingerprint density at radius 2 is 2.06 bits per heavy atom. The minimum absolute atomic E-state index is 0.610. The molecule has 3 heteroatoms. The molecule has 1 aromatic carbocycles. The second-order valence-corrected chi connectivity index (χ2v) is 5.90. The zero-order chi connectivity index (χ0) is 12.1. The summed E-state index contributed by atoms with van der Waals surface area (Å²) in [5, 5.41) is 0.765. The highest BCUT2D eigenvalue weighted by atomic mass is 32.2. The molecule has 2 N–H and O–H groups in total. The van der Waals surface area contributed by atoms with Gasteiger partial charge in [0.15, 0.2) is 0 Å². The van der Waals surface area contributed by atoms with Crippen LogP contribution in [0.3, 0.4) is 0 Å². The Kier molecular flexibility index (Phi) is 4.75. The van der Waals surface area contributed by atoms with E-state index in [0.717, 1.165) is 11.0 Å². The number of methoxy groups -OCH3 is 1. The summed E-state index contributed by atoms with van der Waals surface area (Å²) in [5.41, 5.74) is 7.03. The Morgan fingerprint density at radius 1 is 1.29 bits per heavy atom. The first kappa shape index (κ1) is 12.8. The molecule has 0 spiro atoms. The maximum Gasteiger partial charge on any atom is 0.119 e. The van der Waals surface area contributed by atoms with E-state index in [1.807, 2.05) is 17.8 Å². The summed E-state index contributed by atoms with van der Waals surface area (Å²) in [6.45, 7) is 0.610. The van der Waals surface area contributed by atoms with Crippen LogP contribution < -0.4 is 10.5 Å². The van der Waals surface area contributed by atoms with E-state index >= 15 is 0 Å². The minimum atomic E-state index is 0.610. The van der Waals surface area contributed by atoms with E-state index in [1.54, 1.807) is 7.11 Å². The van der Waals surface area contributed by atoms with Crippen molar-refractivity contribution in [2.45, 2.75) is 48.8 Å². The molecule has 0 heterocycles. The Bertz CT molecular complexity index is 361.